The summed E-state index contributed by atoms with van der Waals surface area (Å²) in [5.74, 6) is 0. The highest BCUT2D eigenvalue weighted by Crippen LogP contribution is 2.36. The Morgan fingerprint density at radius 3 is 1.90 bits per heavy atom. The maximum absolute atomic E-state index is 9.20. The van der Waals surface area contributed by atoms with Crippen molar-refractivity contribution < 1.29 is 14.6 Å². The van der Waals surface area contributed by atoms with Gasteiger partial charge in [-0.05, 0) is 11.1 Å². The lowest BCUT2D eigenvalue weighted by Crippen LogP contribution is -2.46. The summed E-state index contributed by atoms with van der Waals surface area (Å²) in [5, 5.41) is 9.20. The van der Waals surface area contributed by atoms with E-state index in [9.17, 15) is 5.11 Å². The molecular weight excluding hydrogens is 252 g/mol. The van der Waals surface area contributed by atoms with Crippen LogP contribution in [0.25, 0.3) is 0 Å². The van der Waals surface area contributed by atoms with E-state index in [4.69, 9.17) is 9.47 Å². The monoisotopic (exact) mass is 270 g/mol. The molecule has 1 atom stereocenters. The van der Waals surface area contributed by atoms with E-state index >= 15 is 0 Å². The van der Waals surface area contributed by atoms with Gasteiger partial charge in [-0.1, -0.05) is 60.7 Å². The lowest BCUT2D eigenvalue weighted by atomic mass is 9.86. The van der Waals surface area contributed by atoms with Gasteiger partial charge in [-0.25, -0.2) is 0 Å². The van der Waals surface area contributed by atoms with Gasteiger partial charge in [0.15, 0.2) is 0 Å². The Morgan fingerprint density at radius 1 is 0.950 bits per heavy atom. The van der Waals surface area contributed by atoms with Gasteiger partial charge in [0.25, 0.3) is 0 Å². The summed E-state index contributed by atoms with van der Waals surface area (Å²) in [7, 11) is 0. The molecule has 1 N–H and O–H groups in total. The van der Waals surface area contributed by atoms with Crippen molar-refractivity contribution in [2.45, 2.75) is 11.7 Å². The fourth-order valence-electron chi connectivity index (χ4n) is 2.58. The molecule has 0 saturated carbocycles. The van der Waals surface area contributed by atoms with Gasteiger partial charge >= 0.3 is 0 Å². The van der Waals surface area contributed by atoms with Crippen LogP contribution in [0.2, 0.25) is 0 Å². The molecule has 3 nitrogen and oxygen atoms in total. The Kier molecular flexibility index (Phi) is 3.83. The summed E-state index contributed by atoms with van der Waals surface area (Å²) in [4.78, 5) is 0. The number of benzene rings is 2. The molecular formula is C17H18O3. The lowest BCUT2D eigenvalue weighted by molar-refractivity contribution is -0.185. The number of rotatable bonds is 3. The summed E-state index contributed by atoms with van der Waals surface area (Å²) in [6.45, 7) is 0.784. The third kappa shape index (κ3) is 2.36. The Labute approximate surface area is 118 Å². The van der Waals surface area contributed by atoms with E-state index < -0.39 is 5.60 Å². The van der Waals surface area contributed by atoms with E-state index in [-0.39, 0.29) is 12.7 Å². The van der Waals surface area contributed by atoms with Crippen molar-refractivity contribution >= 4 is 0 Å². The molecule has 0 spiro atoms. The standard InChI is InChI=1S/C17H18O3/c18-11-16-12-20-17(13-19-16,14-7-3-1-4-8-14)15-9-5-2-6-10-15/h1-10,16,18H,11-13H2/t16-/m1/s1. The molecule has 1 aliphatic rings. The Hall–Kier alpha value is -1.68. The molecule has 0 aliphatic carbocycles. The summed E-state index contributed by atoms with van der Waals surface area (Å²) in [6, 6.07) is 20.2. The second kappa shape index (κ2) is 5.75. The van der Waals surface area contributed by atoms with Crippen LogP contribution in [0.4, 0.5) is 0 Å². The predicted octanol–water partition coefficient (Wildman–Crippen LogP) is 2.34. The Balaban J connectivity index is 2.01. The van der Waals surface area contributed by atoms with Crippen molar-refractivity contribution in [2.24, 2.45) is 0 Å². The van der Waals surface area contributed by atoms with Crippen LogP contribution in [-0.4, -0.2) is 31.0 Å². The second-order valence-corrected chi connectivity index (χ2v) is 4.99. The summed E-state index contributed by atoms with van der Waals surface area (Å²) < 4.78 is 11.9. The van der Waals surface area contributed by atoms with Gasteiger partial charge in [0, 0.05) is 0 Å². The number of ether oxygens (including phenoxy) is 2. The van der Waals surface area contributed by atoms with Crippen LogP contribution in [0.3, 0.4) is 0 Å². The van der Waals surface area contributed by atoms with Crippen molar-refractivity contribution in [1.82, 2.24) is 0 Å². The molecule has 20 heavy (non-hydrogen) atoms. The van der Waals surface area contributed by atoms with Crippen LogP contribution in [0.15, 0.2) is 60.7 Å². The van der Waals surface area contributed by atoms with Gasteiger partial charge in [-0.3, -0.25) is 0 Å². The number of hydrogen-bond donors (Lipinski definition) is 1. The molecule has 3 rings (SSSR count). The van der Waals surface area contributed by atoms with Crippen LogP contribution < -0.4 is 0 Å². The third-order valence-electron chi connectivity index (χ3n) is 3.72. The summed E-state index contributed by atoms with van der Waals surface area (Å²) >= 11 is 0. The highest BCUT2D eigenvalue weighted by Gasteiger charge is 2.40. The third-order valence-corrected chi connectivity index (χ3v) is 3.72. The minimum absolute atomic E-state index is 0.0142. The Bertz CT molecular complexity index is 489. The van der Waals surface area contributed by atoms with Crippen LogP contribution in [0.5, 0.6) is 0 Å². The van der Waals surface area contributed by atoms with Gasteiger partial charge < -0.3 is 14.6 Å². The van der Waals surface area contributed by atoms with Gasteiger partial charge in [-0.2, -0.15) is 0 Å². The van der Waals surface area contributed by atoms with Crippen molar-refractivity contribution in [3.05, 3.63) is 71.8 Å². The van der Waals surface area contributed by atoms with Crippen LogP contribution in [0.1, 0.15) is 11.1 Å². The number of hydrogen-bond acceptors (Lipinski definition) is 3. The molecule has 2 aromatic carbocycles. The minimum Gasteiger partial charge on any atom is -0.394 e. The molecule has 1 aliphatic heterocycles. The molecule has 0 amide bonds. The normalized spacial score (nSPS) is 21.6. The molecule has 1 fully saturated rings. The van der Waals surface area contributed by atoms with E-state index in [1.807, 2.05) is 36.4 Å². The van der Waals surface area contributed by atoms with E-state index in [0.29, 0.717) is 13.2 Å². The van der Waals surface area contributed by atoms with E-state index in [0.717, 1.165) is 11.1 Å². The maximum atomic E-state index is 9.20. The second-order valence-electron chi connectivity index (χ2n) is 4.99. The molecule has 0 bridgehead atoms. The zero-order chi connectivity index (χ0) is 13.8. The molecule has 0 aromatic heterocycles. The number of aliphatic hydroxyl groups is 1. The number of aliphatic hydroxyl groups excluding tert-OH is 1. The lowest BCUT2D eigenvalue weighted by Gasteiger charge is -2.40. The Morgan fingerprint density at radius 2 is 1.50 bits per heavy atom. The molecule has 104 valence electrons. The van der Waals surface area contributed by atoms with Crippen molar-refractivity contribution in [1.29, 1.82) is 0 Å². The van der Waals surface area contributed by atoms with Gasteiger partial charge in [0.05, 0.1) is 19.8 Å². The average molecular weight is 270 g/mol. The predicted molar refractivity (Wildman–Crippen MR) is 76.4 cm³/mol. The topological polar surface area (TPSA) is 38.7 Å². The minimum atomic E-state index is -0.589. The molecule has 1 heterocycles. The quantitative estimate of drug-likeness (QED) is 0.930. The van der Waals surface area contributed by atoms with Crippen molar-refractivity contribution in [3.8, 4) is 0 Å². The molecule has 2 aromatic rings. The zero-order valence-electron chi connectivity index (χ0n) is 11.2. The van der Waals surface area contributed by atoms with Gasteiger partial charge in [-0.15, -0.1) is 0 Å². The van der Waals surface area contributed by atoms with Crippen LogP contribution >= 0.6 is 0 Å². The molecule has 0 unspecified atom stereocenters. The molecule has 1 saturated heterocycles. The van der Waals surface area contributed by atoms with Crippen LogP contribution in [0, 0.1) is 0 Å². The zero-order valence-corrected chi connectivity index (χ0v) is 11.2. The van der Waals surface area contributed by atoms with Crippen molar-refractivity contribution in [2.75, 3.05) is 19.8 Å². The van der Waals surface area contributed by atoms with E-state index in [1.54, 1.807) is 0 Å². The maximum Gasteiger partial charge on any atom is 0.141 e. The van der Waals surface area contributed by atoms with Gasteiger partial charge in [0.2, 0.25) is 0 Å². The average Bonchev–Trinajstić information content (AvgIpc) is 2.56. The van der Waals surface area contributed by atoms with Crippen LogP contribution in [-0.2, 0) is 15.1 Å². The molecule has 0 radical (unpaired) electrons. The van der Waals surface area contributed by atoms with Crippen molar-refractivity contribution in [3.63, 3.8) is 0 Å². The first kappa shape index (κ1) is 13.3. The summed E-state index contributed by atoms with van der Waals surface area (Å²) in [5.41, 5.74) is 1.55. The largest absolute Gasteiger partial charge is 0.394 e. The first-order valence-corrected chi connectivity index (χ1v) is 6.82. The molecule has 3 heteroatoms. The van der Waals surface area contributed by atoms with Gasteiger partial charge in [0.1, 0.15) is 11.7 Å². The first-order valence-electron chi connectivity index (χ1n) is 6.82. The van der Waals surface area contributed by atoms with E-state index in [2.05, 4.69) is 24.3 Å². The summed E-state index contributed by atoms with van der Waals surface area (Å²) in [6.07, 6.45) is -0.240. The highest BCUT2D eigenvalue weighted by atomic mass is 16.6. The SMILES string of the molecule is OC[C@@H]1COC(c2ccccc2)(c2ccccc2)CO1. The fourth-order valence-corrected chi connectivity index (χ4v) is 2.58. The fraction of sp³-hybridized carbons (Fsp3) is 0.294. The highest BCUT2D eigenvalue weighted by molar-refractivity contribution is 5.37. The first-order chi connectivity index (χ1) is 9.85. The van der Waals surface area contributed by atoms with E-state index in [1.165, 1.54) is 0 Å². The smallest absolute Gasteiger partial charge is 0.141 e.